The van der Waals surface area contributed by atoms with Gasteiger partial charge in [0.2, 0.25) is 5.91 Å². The summed E-state index contributed by atoms with van der Waals surface area (Å²) >= 11 is 0. The molecule has 6 heteroatoms. The molecule has 0 aliphatic carbocycles. The van der Waals surface area contributed by atoms with Gasteiger partial charge in [0.1, 0.15) is 5.82 Å². The Morgan fingerprint density at radius 3 is 2.63 bits per heavy atom. The van der Waals surface area contributed by atoms with Gasteiger partial charge in [-0.2, -0.15) is 5.10 Å². The lowest BCUT2D eigenvalue weighted by Gasteiger charge is -2.35. The lowest BCUT2D eigenvalue weighted by atomic mass is 9.98. The number of amides is 1. The summed E-state index contributed by atoms with van der Waals surface area (Å²) in [5, 5.41) is 7.45. The van der Waals surface area contributed by atoms with E-state index in [4.69, 9.17) is 0 Å². The van der Waals surface area contributed by atoms with Gasteiger partial charge >= 0.3 is 0 Å². The average Bonchev–Trinajstić information content (AvgIpc) is 2.87. The van der Waals surface area contributed by atoms with Gasteiger partial charge in [-0.3, -0.25) is 9.48 Å². The number of pyridine rings is 1. The van der Waals surface area contributed by atoms with Crippen molar-refractivity contribution >= 4 is 17.4 Å². The normalized spacial score (nSPS) is 18.4. The second-order valence-corrected chi connectivity index (χ2v) is 7.82. The molecule has 1 amide bonds. The molecule has 3 heterocycles. The van der Waals surface area contributed by atoms with Crippen molar-refractivity contribution < 1.29 is 4.79 Å². The third kappa shape index (κ3) is 3.84. The van der Waals surface area contributed by atoms with Crippen molar-refractivity contribution in [2.24, 2.45) is 7.05 Å². The molecule has 2 aromatic rings. The van der Waals surface area contributed by atoms with E-state index in [1.165, 1.54) is 19.3 Å². The quantitative estimate of drug-likeness (QED) is 0.889. The van der Waals surface area contributed by atoms with Crippen molar-refractivity contribution in [1.29, 1.82) is 0 Å². The van der Waals surface area contributed by atoms with Crippen LogP contribution in [0.15, 0.2) is 12.3 Å². The molecule has 2 unspecified atom stereocenters. The summed E-state index contributed by atoms with van der Waals surface area (Å²) in [6, 6.07) is 2.54. The number of anilines is 2. The minimum Gasteiger partial charge on any atom is -0.354 e. The molecule has 6 nitrogen and oxygen atoms in total. The second-order valence-electron chi connectivity index (χ2n) is 7.82. The summed E-state index contributed by atoms with van der Waals surface area (Å²) in [5.41, 5.74) is 4.78. The smallest absolute Gasteiger partial charge is 0.231 e. The maximum absolute atomic E-state index is 12.8. The molecule has 2 aromatic heterocycles. The van der Waals surface area contributed by atoms with E-state index < -0.39 is 0 Å². The number of hydrogen-bond donors (Lipinski definition) is 1. The lowest BCUT2D eigenvalue weighted by Crippen LogP contribution is -2.38. The molecule has 2 atom stereocenters. The number of nitrogens with zero attached hydrogens (tertiary/aromatic N) is 4. The third-order valence-corrected chi connectivity index (χ3v) is 5.78. The first-order chi connectivity index (χ1) is 12.8. The summed E-state index contributed by atoms with van der Waals surface area (Å²) in [6.07, 6.45) is 5.49. The number of hydrogen-bond acceptors (Lipinski definition) is 4. The Balaban J connectivity index is 1.75. The van der Waals surface area contributed by atoms with Crippen LogP contribution in [0, 0.1) is 20.8 Å². The van der Waals surface area contributed by atoms with Crippen molar-refractivity contribution in [2.45, 2.75) is 65.8 Å². The van der Waals surface area contributed by atoms with Gasteiger partial charge in [-0.15, -0.1) is 0 Å². The van der Waals surface area contributed by atoms with Gasteiger partial charge in [0.15, 0.2) is 0 Å². The number of nitrogens with one attached hydrogen (secondary N) is 1. The SMILES string of the molecule is Cc1cc(NC(=O)C(C)c2c(C)nn(C)c2C)cnc1N1CCCCC1C. The van der Waals surface area contributed by atoms with E-state index in [9.17, 15) is 4.79 Å². The highest BCUT2D eigenvalue weighted by Gasteiger charge is 2.24. The molecular weight excluding hydrogens is 338 g/mol. The molecule has 0 saturated carbocycles. The van der Waals surface area contributed by atoms with Crippen LogP contribution >= 0.6 is 0 Å². The van der Waals surface area contributed by atoms with Crippen LogP contribution in [-0.4, -0.2) is 33.3 Å². The maximum Gasteiger partial charge on any atom is 0.231 e. The van der Waals surface area contributed by atoms with Crippen molar-refractivity contribution in [2.75, 3.05) is 16.8 Å². The molecule has 1 N–H and O–H groups in total. The van der Waals surface area contributed by atoms with E-state index in [2.05, 4.69) is 34.1 Å². The third-order valence-electron chi connectivity index (χ3n) is 5.78. The van der Waals surface area contributed by atoms with Crippen molar-refractivity contribution in [3.63, 3.8) is 0 Å². The Morgan fingerprint density at radius 1 is 1.30 bits per heavy atom. The van der Waals surface area contributed by atoms with E-state index in [0.29, 0.717) is 6.04 Å². The van der Waals surface area contributed by atoms with Gasteiger partial charge in [-0.1, -0.05) is 0 Å². The minimum absolute atomic E-state index is 0.0329. The lowest BCUT2D eigenvalue weighted by molar-refractivity contribution is -0.117. The molecule has 0 spiro atoms. The zero-order valence-electron chi connectivity index (χ0n) is 17.3. The molecule has 1 aliphatic rings. The first kappa shape index (κ1) is 19.4. The van der Waals surface area contributed by atoms with Crippen LogP contribution in [0.4, 0.5) is 11.5 Å². The minimum atomic E-state index is -0.263. The Hall–Kier alpha value is -2.37. The highest BCUT2D eigenvalue weighted by atomic mass is 16.1. The van der Waals surface area contributed by atoms with Crippen LogP contribution < -0.4 is 10.2 Å². The van der Waals surface area contributed by atoms with E-state index in [1.54, 1.807) is 6.20 Å². The zero-order chi connectivity index (χ0) is 19.7. The first-order valence-corrected chi connectivity index (χ1v) is 9.83. The largest absolute Gasteiger partial charge is 0.354 e. The predicted molar refractivity (Wildman–Crippen MR) is 109 cm³/mol. The van der Waals surface area contributed by atoms with E-state index in [-0.39, 0.29) is 11.8 Å². The number of piperidine rings is 1. The van der Waals surface area contributed by atoms with E-state index >= 15 is 0 Å². The van der Waals surface area contributed by atoms with Gasteiger partial charge in [0.05, 0.1) is 23.5 Å². The molecule has 3 rings (SSSR count). The standard InChI is InChI=1S/C21H31N5O/c1-13-11-18(12-22-20(13)26-10-8-7-9-14(26)2)23-21(27)15(3)19-16(4)24-25(6)17(19)5/h11-12,14-15H,7-10H2,1-6H3,(H,23,27). The molecule has 0 radical (unpaired) electrons. The van der Waals surface area contributed by atoms with Gasteiger partial charge in [-0.05, 0) is 65.5 Å². The number of aromatic nitrogens is 3. The molecular formula is C21H31N5O. The molecule has 0 bridgehead atoms. The maximum atomic E-state index is 12.8. The van der Waals surface area contributed by atoms with Gasteiger partial charge in [-0.25, -0.2) is 4.98 Å². The fourth-order valence-corrected chi connectivity index (χ4v) is 4.15. The molecule has 27 heavy (non-hydrogen) atoms. The summed E-state index contributed by atoms with van der Waals surface area (Å²) in [4.78, 5) is 19.8. The summed E-state index contributed by atoms with van der Waals surface area (Å²) in [6.45, 7) is 11.3. The average molecular weight is 370 g/mol. The van der Waals surface area contributed by atoms with Crippen molar-refractivity contribution in [3.8, 4) is 0 Å². The van der Waals surface area contributed by atoms with Crippen LogP contribution in [0.5, 0.6) is 0 Å². The Morgan fingerprint density at radius 2 is 2.04 bits per heavy atom. The van der Waals surface area contributed by atoms with Crippen LogP contribution in [-0.2, 0) is 11.8 Å². The fourth-order valence-electron chi connectivity index (χ4n) is 4.15. The van der Waals surface area contributed by atoms with Gasteiger partial charge in [0, 0.05) is 30.9 Å². The molecule has 0 aromatic carbocycles. The Kier molecular flexibility index (Phi) is 5.53. The first-order valence-electron chi connectivity index (χ1n) is 9.83. The highest BCUT2D eigenvalue weighted by molar-refractivity contribution is 5.96. The number of carbonyl (C=O) groups excluding carboxylic acids is 1. The molecule has 1 saturated heterocycles. The van der Waals surface area contributed by atoms with E-state index in [1.807, 2.05) is 38.6 Å². The van der Waals surface area contributed by atoms with Crippen LogP contribution in [0.2, 0.25) is 0 Å². The van der Waals surface area contributed by atoms with Crippen LogP contribution in [0.3, 0.4) is 0 Å². The molecule has 1 fully saturated rings. The number of carbonyl (C=O) groups is 1. The fraction of sp³-hybridized carbons (Fsp3) is 0.571. The van der Waals surface area contributed by atoms with Gasteiger partial charge < -0.3 is 10.2 Å². The Labute approximate surface area is 162 Å². The molecule has 1 aliphatic heterocycles. The monoisotopic (exact) mass is 369 g/mol. The number of aryl methyl sites for hydroxylation is 3. The van der Waals surface area contributed by atoms with Crippen molar-refractivity contribution in [3.05, 3.63) is 34.8 Å². The Bertz CT molecular complexity index is 841. The van der Waals surface area contributed by atoms with Crippen LogP contribution in [0.1, 0.15) is 61.5 Å². The second kappa shape index (κ2) is 7.71. The predicted octanol–water partition coefficient (Wildman–Crippen LogP) is 3.86. The highest BCUT2D eigenvalue weighted by Crippen LogP contribution is 2.28. The summed E-state index contributed by atoms with van der Waals surface area (Å²) in [5.74, 6) is 0.738. The zero-order valence-corrected chi connectivity index (χ0v) is 17.3. The summed E-state index contributed by atoms with van der Waals surface area (Å²) < 4.78 is 1.83. The van der Waals surface area contributed by atoms with Crippen LogP contribution in [0.25, 0.3) is 0 Å². The molecule has 146 valence electrons. The summed E-state index contributed by atoms with van der Waals surface area (Å²) in [7, 11) is 1.91. The van der Waals surface area contributed by atoms with E-state index in [0.717, 1.165) is 40.6 Å². The number of rotatable bonds is 4. The van der Waals surface area contributed by atoms with Crippen molar-refractivity contribution in [1.82, 2.24) is 14.8 Å². The topological polar surface area (TPSA) is 63.1 Å². The van der Waals surface area contributed by atoms with Gasteiger partial charge in [0.25, 0.3) is 0 Å².